The van der Waals surface area contributed by atoms with E-state index < -0.39 is 17.9 Å². The number of nitrogens with zero attached hydrogens (tertiary/aromatic N) is 1. The molecule has 0 spiro atoms. The number of rotatable bonds is 4. The number of carbonyl (C=O) groups excluding carboxylic acids is 3. The number of benzene rings is 2. The Labute approximate surface area is 147 Å². The Kier molecular flexibility index (Phi) is 4.49. The summed E-state index contributed by atoms with van der Waals surface area (Å²) in [5, 5.41) is 2.76. The highest BCUT2D eigenvalue weighted by Crippen LogP contribution is 2.24. The Balaban J connectivity index is 1.70. The molecule has 2 aromatic carbocycles. The highest BCUT2D eigenvalue weighted by atomic mass is 79.9. The monoisotopic (exact) mass is 386 g/mol. The van der Waals surface area contributed by atoms with Crippen molar-refractivity contribution in [1.29, 1.82) is 0 Å². The quantitative estimate of drug-likeness (QED) is 0.821. The first kappa shape index (κ1) is 16.4. The molecule has 0 saturated heterocycles. The van der Waals surface area contributed by atoms with Gasteiger partial charge in [0.15, 0.2) is 0 Å². The van der Waals surface area contributed by atoms with Crippen molar-refractivity contribution < 1.29 is 14.4 Å². The van der Waals surface area contributed by atoms with Crippen LogP contribution in [-0.4, -0.2) is 28.7 Å². The molecule has 24 heavy (non-hydrogen) atoms. The van der Waals surface area contributed by atoms with E-state index in [1.54, 1.807) is 31.2 Å². The van der Waals surface area contributed by atoms with E-state index in [-0.39, 0.29) is 5.91 Å². The fraction of sp³-hybridized carbons (Fsp3) is 0.167. The van der Waals surface area contributed by atoms with Crippen molar-refractivity contribution in [3.63, 3.8) is 0 Å². The van der Waals surface area contributed by atoms with Crippen LogP contribution >= 0.6 is 15.9 Å². The molecule has 0 aromatic heterocycles. The van der Waals surface area contributed by atoms with Gasteiger partial charge in [0, 0.05) is 11.0 Å². The van der Waals surface area contributed by atoms with Crippen molar-refractivity contribution in [2.75, 3.05) is 0 Å². The van der Waals surface area contributed by atoms with E-state index in [4.69, 9.17) is 0 Å². The lowest BCUT2D eigenvalue weighted by atomic mass is 10.1. The Bertz CT molecular complexity index is 800. The molecule has 1 aliphatic rings. The molecule has 1 N–H and O–H groups in total. The molecule has 0 radical (unpaired) electrons. The van der Waals surface area contributed by atoms with E-state index in [9.17, 15) is 14.4 Å². The zero-order valence-electron chi connectivity index (χ0n) is 13.0. The number of hydrogen-bond donors (Lipinski definition) is 1. The highest BCUT2D eigenvalue weighted by Gasteiger charge is 2.40. The third-order valence-electron chi connectivity index (χ3n) is 3.95. The lowest BCUT2D eigenvalue weighted by molar-refractivity contribution is -0.124. The van der Waals surface area contributed by atoms with Crippen molar-refractivity contribution in [1.82, 2.24) is 10.2 Å². The van der Waals surface area contributed by atoms with Crippen LogP contribution in [0, 0.1) is 0 Å². The lowest BCUT2D eigenvalue weighted by Crippen LogP contribution is -2.47. The molecular formula is C18H15BrN2O3. The van der Waals surface area contributed by atoms with Gasteiger partial charge in [0.05, 0.1) is 11.1 Å². The normalized spacial score (nSPS) is 14.5. The maximum atomic E-state index is 12.4. The van der Waals surface area contributed by atoms with Gasteiger partial charge in [0.2, 0.25) is 5.91 Å². The van der Waals surface area contributed by atoms with Gasteiger partial charge in [0.1, 0.15) is 6.04 Å². The number of hydrogen-bond acceptors (Lipinski definition) is 3. The SMILES string of the molecule is CC(C(=O)NCc1cccc(Br)c1)N1C(=O)c2ccccc2C1=O. The minimum atomic E-state index is -0.871. The Hall–Kier alpha value is -2.47. The van der Waals surface area contributed by atoms with Crippen LogP contribution in [0.1, 0.15) is 33.2 Å². The van der Waals surface area contributed by atoms with Crippen molar-refractivity contribution in [2.45, 2.75) is 19.5 Å². The molecule has 0 saturated carbocycles. The summed E-state index contributed by atoms with van der Waals surface area (Å²) in [5.41, 5.74) is 1.61. The van der Waals surface area contributed by atoms with Crippen LogP contribution in [0.3, 0.4) is 0 Å². The molecule has 3 rings (SSSR count). The molecule has 122 valence electrons. The van der Waals surface area contributed by atoms with Gasteiger partial charge in [-0.3, -0.25) is 19.3 Å². The largest absolute Gasteiger partial charge is 0.350 e. The molecule has 1 atom stereocenters. The number of halogens is 1. The summed E-state index contributed by atoms with van der Waals surface area (Å²) in [7, 11) is 0. The lowest BCUT2D eigenvalue weighted by Gasteiger charge is -2.21. The Morgan fingerprint density at radius 1 is 1.08 bits per heavy atom. The van der Waals surface area contributed by atoms with Crippen LogP contribution in [0.25, 0.3) is 0 Å². The minimum absolute atomic E-state index is 0.325. The van der Waals surface area contributed by atoms with Crippen LogP contribution in [-0.2, 0) is 11.3 Å². The van der Waals surface area contributed by atoms with Crippen molar-refractivity contribution >= 4 is 33.7 Å². The molecule has 1 unspecified atom stereocenters. The van der Waals surface area contributed by atoms with Gasteiger partial charge in [-0.25, -0.2) is 0 Å². The van der Waals surface area contributed by atoms with Gasteiger partial charge in [-0.1, -0.05) is 40.2 Å². The average molecular weight is 387 g/mol. The fourth-order valence-electron chi connectivity index (χ4n) is 2.66. The summed E-state index contributed by atoms with van der Waals surface area (Å²) in [6, 6.07) is 13.3. The number of carbonyl (C=O) groups is 3. The predicted octanol–water partition coefficient (Wildman–Crippen LogP) is 2.75. The molecule has 0 bridgehead atoms. The summed E-state index contributed by atoms with van der Waals surface area (Å²) >= 11 is 3.37. The second-order valence-electron chi connectivity index (χ2n) is 5.55. The van der Waals surface area contributed by atoms with Crippen LogP contribution < -0.4 is 5.32 Å². The third-order valence-corrected chi connectivity index (χ3v) is 4.44. The van der Waals surface area contributed by atoms with E-state index in [2.05, 4.69) is 21.2 Å². The summed E-state index contributed by atoms with van der Waals surface area (Å²) in [6.45, 7) is 1.88. The summed E-state index contributed by atoms with van der Waals surface area (Å²) in [5.74, 6) is -1.23. The van der Waals surface area contributed by atoms with Crippen molar-refractivity contribution in [3.05, 3.63) is 69.7 Å². The second-order valence-corrected chi connectivity index (χ2v) is 6.47. The predicted molar refractivity (Wildman–Crippen MR) is 92.4 cm³/mol. The summed E-state index contributed by atoms with van der Waals surface area (Å²) in [6.07, 6.45) is 0. The number of nitrogens with one attached hydrogen (secondary N) is 1. The number of amides is 3. The molecule has 1 aliphatic heterocycles. The Morgan fingerprint density at radius 2 is 1.71 bits per heavy atom. The first-order chi connectivity index (χ1) is 11.5. The Morgan fingerprint density at radius 3 is 2.29 bits per heavy atom. The maximum absolute atomic E-state index is 12.4. The van der Waals surface area contributed by atoms with Crippen LogP contribution in [0.15, 0.2) is 53.0 Å². The zero-order valence-corrected chi connectivity index (χ0v) is 14.5. The van der Waals surface area contributed by atoms with E-state index >= 15 is 0 Å². The summed E-state index contributed by atoms with van der Waals surface area (Å²) < 4.78 is 0.919. The van der Waals surface area contributed by atoms with Crippen LogP contribution in [0.5, 0.6) is 0 Å². The first-order valence-corrected chi connectivity index (χ1v) is 8.27. The molecule has 0 aliphatic carbocycles. The van der Waals surface area contributed by atoms with Gasteiger partial charge in [0.25, 0.3) is 11.8 Å². The standard InChI is InChI=1S/C18H15BrN2O3/c1-11(16(22)20-10-12-5-4-6-13(19)9-12)21-17(23)14-7-2-3-8-15(14)18(21)24/h2-9,11H,10H2,1H3,(H,20,22). The zero-order chi connectivity index (χ0) is 17.3. The van der Waals surface area contributed by atoms with Gasteiger partial charge < -0.3 is 5.32 Å². The van der Waals surface area contributed by atoms with Gasteiger partial charge >= 0.3 is 0 Å². The molecule has 0 fully saturated rings. The van der Waals surface area contributed by atoms with E-state index in [0.717, 1.165) is 14.9 Å². The number of fused-ring (bicyclic) bond motifs is 1. The molecule has 3 amide bonds. The number of imide groups is 1. The molecule has 2 aromatic rings. The maximum Gasteiger partial charge on any atom is 0.262 e. The van der Waals surface area contributed by atoms with Crippen molar-refractivity contribution in [2.24, 2.45) is 0 Å². The van der Waals surface area contributed by atoms with Crippen LogP contribution in [0.4, 0.5) is 0 Å². The molecule has 6 heteroatoms. The van der Waals surface area contributed by atoms with E-state index in [0.29, 0.717) is 17.7 Å². The first-order valence-electron chi connectivity index (χ1n) is 7.48. The average Bonchev–Trinajstić information content (AvgIpc) is 2.84. The van der Waals surface area contributed by atoms with Gasteiger partial charge in [-0.2, -0.15) is 0 Å². The van der Waals surface area contributed by atoms with Gasteiger partial charge in [-0.05, 0) is 36.8 Å². The fourth-order valence-corrected chi connectivity index (χ4v) is 3.11. The summed E-state index contributed by atoms with van der Waals surface area (Å²) in [4.78, 5) is 38.2. The van der Waals surface area contributed by atoms with E-state index in [1.807, 2.05) is 24.3 Å². The topological polar surface area (TPSA) is 66.5 Å². The van der Waals surface area contributed by atoms with Crippen molar-refractivity contribution in [3.8, 4) is 0 Å². The van der Waals surface area contributed by atoms with Gasteiger partial charge in [-0.15, -0.1) is 0 Å². The van der Waals surface area contributed by atoms with E-state index in [1.165, 1.54) is 0 Å². The minimum Gasteiger partial charge on any atom is -0.350 e. The molecular weight excluding hydrogens is 372 g/mol. The molecule has 5 nitrogen and oxygen atoms in total. The smallest absolute Gasteiger partial charge is 0.262 e. The highest BCUT2D eigenvalue weighted by molar-refractivity contribution is 9.10. The third kappa shape index (κ3) is 2.97. The van der Waals surface area contributed by atoms with Crippen LogP contribution in [0.2, 0.25) is 0 Å². The second kappa shape index (κ2) is 6.57. The molecule has 1 heterocycles.